The number of carbonyl (C=O) groups excluding carboxylic acids is 2. The maximum absolute atomic E-state index is 12.4. The molecule has 1 aliphatic rings. The Balaban J connectivity index is 1.61. The molecule has 1 aromatic carbocycles. The normalized spacial score (nSPS) is 15.0. The van der Waals surface area contributed by atoms with Gasteiger partial charge in [-0.1, -0.05) is 12.1 Å². The summed E-state index contributed by atoms with van der Waals surface area (Å²) >= 11 is 0. The van der Waals surface area contributed by atoms with Crippen molar-refractivity contribution in [2.75, 3.05) is 0 Å². The van der Waals surface area contributed by atoms with Gasteiger partial charge in [0.2, 0.25) is 0 Å². The molecule has 0 bridgehead atoms. The Labute approximate surface area is 159 Å². The minimum atomic E-state index is -4.76. The fourth-order valence-corrected chi connectivity index (χ4v) is 2.63. The van der Waals surface area contributed by atoms with E-state index in [1.54, 1.807) is 6.92 Å². The summed E-state index contributed by atoms with van der Waals surface area (Å²) in [5.74, 6) is -0.343. The Morgan fingerprint density at radius 1 is 1.21 bits per heavy atom. The molecule has 2 aromatic rings. The number of ketones is 1. The molecule has 1 aromatic heterocycles. The third-order valence-electron chi connectivity index (χ3n) is 4.26. The minimum absolute atomic E-state index is 0.0760. The number of carbonyl (C=O) groups is 2. The molecule has 0 unspecified atom stereocenters. The highest BCUT2D eigenvalue weighted by Gasteiger charge is 2.31. The van der Waals surface area contributed by atoms with Crippen LogP contribution < -0.4 is 10.1 Å². The number of hydrogen-bond acceptors (Lipinski definition) is 5. The molecule has 1 heterocycles. The summed E-state index contributed by atoms with van der Waals surface area (Å²) in [4.78, 5) is 32.4. The molecule has 1 atom stereocenters. The van der Waals surface area contributed by atoms with Crippen molar-refractivity contribution >= 4 is 11.7 Å². The van der Waals surface area contributed by atoms with E-state index >= 15 is 0 Å². The molecule has 0 radical (unpaired) electrons. The van der Waals surface area contributed by atoms with Gasteiger partial charge in [0, 0.05) is 12.1 Å². The molecule has 1 aliphatic carbocycles. The van der Waals surface area contributed by atoms with Crippen LogP contribution in [0.1, 0.15) is 47.7 Å². The van der Waals surface area contributed by atoms with Crippen molar-refractivity contribution in [3.63, 3.8) is 0 Å². The molecule has 6 nitrogen and oxygen atoms in total. The summed E-state index contributed by atoms with van der Waals surface area (Å²) in [6.45, 7) is 1.69. The van der Waals surface area contributed by atoms with Gasteiger partial charge in [-0.2, -0.15) is 0 Å². The first kappa shape index (κ1) is 19.8. The number of nitrogens with zero attached hydrogens (tertiary/aromatic N) is 2. The molecule has 28 heavy (non-hydrogen) atoms. The average molecular weight is 393 g/mol. The van der Waals surface area contributed by atoms with E-state index in [2.05, 4.69) is 20.0 Å². The summed E-state index contributed by atoms with van der Waals surface area (Å²) in [6, 6.07) is 6.19. The highest BCUT2D eigenvalue weighted by molar-refractivity contribution is 5.92. The van der Waals surface area contributed by atoms with Crippen molar-refractivity contribution < 1.29 is 27.5 Å². The number of aromatic nitrogens is 2. The van der Waals surface area contributed by atoms with Crippen LogP contribution in [0.3, 0.4) is 0 Å². The highest BCUT2D eigenvalue weighted by atomic mass is 19.4. The van der Waals surface area contributed by atoms with Crippen LogP contribution >= 0.6 is 0 Å². The van der Waals surface area contributed by atoms with Gasteiger partial charge >= 0.3 is 6.36 Å². The first-order valence-corrected chi connectivity index (χ1v) is 8.72. The summed E-state index contributed by atoms with van der Waals surface area (Å²) in [7, 11) is 0. The first-order chi connectivity index (χ1) is 13.2. The zero-order valence-electron chi connectivity index (χ0n) is 15.0. The Bertz CT molecular complexity index is 865. The molecule has 148 valence electrons. The standard InChI is InChI=1S/C19H18F3N3O3/c1-11(12-4-6-14(7-5-12)28-19(20,21)22)24-18(27)15-8-9-23-17(25-15)10-16(26)13-2-3-13/h4-9,11,13H,2-3,10H2,1H3,(H,24,27)/t11-/m1/s1. The molecule has 1 amide bonds. The summed E-state index contributed by atoms with van der Waals surface area (Å²) in [5, 5.41) is 2.72. The first-order valence-electron chi connectivity index (χ1n) is 8.72. The highest BCUT2D eigenvalue weighted by Crippen LogP contribution is 2.30. The largest absolute Gasteiger partial charge is 0.573 e. The van der Waals surface area contributed by atoms with E-state index in [1.807, 2.05) is 0 Å². The Morgan fingerprint density at radius 2 is 1.89 bits per heavy atom. The Morgan fingerprint density at radius 3 is 2.50 bits per heavy atom. The van der Waals surface area contributed by atoms with Gasteiger partial charge in [-0.05, 0) is 43.5 Å². The van der Waals surface area contributed by atoms with Crippen LogP contribution in [-0.4, -0.2) is 28.0 Å². The van der Waals surface area contributed by atoms with Crippen molar-refractivity contribution in [2.24, 2.45) is 5.92 Å². The Hall–Kier alpha value is -2.97. The zero-order valence-corrected chi connectivity index (χ0v) is 15.0. The number of hydrogen-bond donors (Lipinski definition) is 1. The van der Waals surface area contributed by atoms with Crippen LogP contribution in [0.4, 0.5) is 13.2 Å². The maximum Gasteiger partial charge on any atom is 0.573 e. The molecule has 1 saturated carbocycles. The van der Waals surface area contributed by atoms with Crippen molar-refractivity contribution in [1.29, 1.82) is 0 Å². The number of rotatable bonds is 7. The second-order valence-corrected chi connectivity index (χ2v) is 6.59. The molecule has 1 N–H and O–H groups in total. The number of nitrogens with one attached hydrogen (secondary N) is 1. The van der Waals surface area contributed by atoms with E-state index in [-0.39, 0.29) is 29.6 Å². The smallest absolute Gasteiger partial charge is 0.406 e. The number of ether oxygens (including phenoxy) is 1. The SMILES string of the molecule is C[C@@H](NC(=O)c1ccnc(CC(=O)C2CC2)n1)c1ccc(OC(F)(F)F)cc1. The van der Waals surface area contributed by atoms with E-state index in [9.17, 15) is 22.8 Å². The van der Waals surface area contributed by atoms with Gasteiger partial charge in [0.1, 0.15) is 23.1 Å². The molecule has 9 heteroatoms. The van der Waals surface area contributed by atoms with E-state index in [1.165, 1.54) is 36.5 Å². The van der Waals surface area contributed by atoms with Gasteiger partial charge in [0.15, 0.2) is 0 Å². The van der Waals surface area contributed by atoms with Gasteiger partial charge in [0.05, 0.1) is 12.5 Å². The van der Waals surface area contributed by atoms with Crippen molar-refractivity contribution in [3.8, 4) is 5.75 Å². The number of amides is 1. The third kappa shape index (κ3) is 5.51. The van der Waals surface area contributed by atoms with Gasteiger partial charge in [-0.15, -0.1) is 13.2 Å². The Kier molecular flexibility index (Phi) is 5.62. The summed E-state index contributed by atoms with van der Waals surface area (Å²) in [5.41, 5.74) is 0.721. The second-order valence-electron chi connectivity index (χ2n) is 6.59. The summed E-state index contributed by atoms with van der Waals surface area (Å²) in [6.07, 6.45) is -1.45. The molecule has 1 fully saturated rings. The van der Waals surface area contributed by atoms with E-state index in [4.69, 9.17) is 0 Å². The lowest BCUT2D eigenvalue weighted by Crippen LogP contribution is -2.28. The number of Topliss-reactive ketones (excluding diaryl/α,β-unsaturated/α-hetero) is 1. The van der Waals surface area contributed by atoms with Crippen LogP contribution in [0.25, 0.3) is 0 Å². The molecule has 0 spiro atoms. The second kappa shape index (κ2) is 7.95. The fourth-order valence-electron chi connectivity index (χ4n) is 2.63. The quantitative estimate of drug-likeness (QED) is 0.780. The lowest BCUT2D eigenvalue weighted by molar-refractivity contribution is -0.274. The van der Waals surface area contributed by atoms with Crippen molar-refractivity contribution in [1.82, 2.24) is 15.3 Å². The van der Waals surface area contributed by atoms with Crippen LogP contribution in [0.15, 0.2) is 36.5 Å². The monoisotopic (exact) mass is 393 g/mol. The van der Waals surface area contributed by atoms with E-state index in [0.717, 1.165) is 12.8 Å². The minimum Gasteiger partial charge on any atom is -0.406 e. The number of benzene rings is 1. The maximum atomic E-state index is 12.4. The van der Waals surface area contributed by atoms with Crippen molar-refractivity contribution in [3.05, 3.63) is 53.6 Å². The lowest BCUT2D eigenvalue weighted by Gasteiger charge is -2.15. The van der Waals surface area contributed by atoms with Gasteiger partial charge < -0.3 is 10.1 Å². The lowest BCUT2D eigenvalue weighted by atomic mass is 10.1. The molecule has 0 saturated heterocycles. The van der Waals surface area contributed by atoms with Crippen LogP contribution in [0, 0.1) is 5.92 Å². The van der Waals surface area contributed by atoms with Crippen LogP contribution in [0.5, 0.6) is 5.75 Å². The fraction of sp³-hybridized carbons (Fsp3) is 0.368. The number of alkyl halides is 3. The predicted molar refractivity (Wildman–Crippen MR) is 92.5 cm³/mol. The van der Waals surface area contributed by atoms with Gasteiger partial charge in [0.25, 0.3) is 5.91 Å². The summed E-state index contributed by atoms with van der Waals surface area (Å²) < 4.78 is 40.4. The van der Waals surface area contributed by atoms with E-state index in [0.29, 0.717) is 11.4 Å². The van der Waals surface area contributed by atoms with E-state index < -0.39 is 18.3 Å². The van der Waals surface area contributed by atoms with Crippen molar-refractivity contribution in [2.45, 2.75) is 38.6 Å². The average Bonchev–Trinajstić information content (AvgIpc) is 3.46. The zero-order chi connectivity index (χ0) is 20.3. The van der Waals surface area contributed by atoms with Crippen LogP contribution in [-0.2, 0) is 11.2 Å². The molecular formula is C19H18F3N3O3. The van der Waals surface area contributed by atoms with Crippen LogP contribution in [0.2, 0.25) is 0 Å². The topological polar surface area (TPSA) is 81.2 Å². The third-order valence-corrected chi connectivity index (χ3v) is 4.26. The van der Waals surface area contributed by atoms with Gasteiger partial charge in [-0.3, -0.25) is 9.59 Å². The molecule has 0 aliphatic heterocycles. The van der Waals surface area contributed by atoms with Gasteiger partial charge in [-0.25, -0.2) is 9.97 Å². The predicted octanol–water partition coefficient (Wildman–Crippen LogP) is 3.39. The number of halogens is 3. The molecular weight excluding hydrogens is 375 g/mol. The molecule has 3 rings (SSSR count).